The molecule has 12 rings (SSSR count). The van der Waals surface area contributed by atoms with Gasteiger partial charge in [0.25, 0.3) is 39.1 Å². The Bertz CT molecular complexity index is 5540. The number of nitriles is 1. The Balaban J connectivity index is 0.000000483. The first-order chi connectivity index (χ1) is 54.2. The molecule has 2 heterocycles. The molecule has 2 aliphatic heterocycles. The number of carbonyl (C=O) groups is 4. The number of carboxylic acid groups (broad SMARTS) is 2. The normalized spacial score (nSPS) is 12.0. The molecule has 23 nitrogen and oxygen atoms in total. The van der Waals surface area contributed by atoms with E-state index in [1.165, 1.54) is 170 Å². The van der Waals surface area contributed by atoms with E-state index < -0.39 is 74.3 Å². The molecule has 39 heteroatoms. The number of anilines is 6. The van der Waals surface area contributed by atoms with Crippen LogP contribution in [-0.2, 0) is 48.7 Å². The predicted octanol–water partition coefficient (Wildman–Crippen LogP) is 15.4. The van der Waals surface area contributed by atoms with Gasteiger partial charge in [-0.3, -0.25) is 32.1 Å². The van der Waals surface area contributed by atoms with Crippen molar-refractivity contribution in [3.05, 3.63) is 308 Å². The van der Waals surface area contributed by atoms with Gasteiger partial charge in [0.15, 0.2) is 11.6 Å². The number of nitrogens with two attached hydrogens (primary N) is 1. The molecule has 0 bridgehead atoms. The van der Waals surface area contributed by atoms with E-state index >= 15 is 0 Å². The number of Topliss-reactive ketones (excluding diaryl/α,β-unsaturated/α-hetero) is 2. The van der Waals surface area contributed by atoms with Crippen LogP contribution in [0, 0.1) is 46.2 Å². The summed E-state index contributed by atoms with van der Waals surface area (Å²) in [5.74, 6) is -5.14. The van der Waals surface area contributed by atoms with Crippen LogP contribution in [0.4, 0.5) is 60.5 Å². The molecule has 0 unspecified atom stereocenters. The Labute approximate surface area is 733 Å². The number of nitrogens with one attached hydrogen (secondary N) is 2. The van der Waals surface area contributed by atoms with Gasteiger partial charge in [0.1, 0.15) is 34.9 Å². The minimum atomic E-state index is -3.99. The number of sulfonamides is 3. The molecule has 0 spiro atoms. The van der Waals surface area contributed by atoms with E-state index in [2.05, 4.69) is 10.6 Å². The van der Waals surface area contributed by atoms with Crippen LogP contribution in [0.3, 0.4) is 0 Å². The molecule has 0 aliphatic carbocycles. The van der Waals surface area contributed by atoms with Crippen LogP contribution in [-0.4, -0.2) is 125 Å². The number of fused-ring (bicyclic) bond motifs is 2. The summed E-state index contributed by atoms with van der Waals surface area (Å²) in [6.07, 6.45) is 1.68. The third-order valence-electron chi connectivity index (χ3n) is 15.3. The quantitative estimate of drug-likeness (QED) is 0.0125. The third-order valence-corrected chi connectivity index (χ3v) is 23.1. The van der Waals surface area contributed by atoms with E-state index in [1.54, 1.807) is 49.5 Å². The van der Waals surface area contributed by atoms with Crippen LogP contribution in [0.1, 0.15) is 61.3 Å². The molecule has 0 fully saturated rings. The van der Waals surface area contributed by atoms with Crippen molar-refractivity contribution in [1.29, 1.82) is 5.26 Å². The standard InChI is InChI=1S/C18H16ClFN2O3S.C15H13ClFNO4S.C15H11ClFNO3S.C9H9FN2.C9H10FNO2.C6H4Cl2O2S.C6H6FN.2CH4.Na.H2O/c1-21(2)10-12-11-22(17-8-5-14(20)9-16(17)18(12)23)26(24,25)15-6-3-13(19)4-7-15;16-11-1-7-14(8-2-11)23(21,22)18(10-9-15(19)20)13-5-3-12(17)4-6-13;16-10-1-4-12(5-2-10)22(20,21)18-8-7-15(19)13-9-11(17)3-6-14(13)18;10-8-2-4-9(5-3-8)12-7-1-6-11;10-7-1-3-8(4-2-7)11-6-5-9(12)13;7-5-1-3-6(4-2-5)11(8,9)10;7-5-1-3-6(8)4-2-5;;;;/h3-10H,11H2,1-2H3;1-8H,9-10H2,(H,19,20);1-6,9H,7-8H2;2-5,12H,1,7H2;1-4,11H,5-6H2,(H,12,13);1-4H;1-4H,8H2;2*1H4;;1H2/q;;;;;;;;;+1;/p-1. The molecule has 7 N–H and O–H groups in total. The number of nitrogens with zero attached hydrogens (tertiary/aromatic N) is 5. The number of ketones is 2. The molecule has 119 heavy (non-hydrogen) atoms. The van der Waals surface area contributed by atoms with Crippen LogP contribution in [0.25, 0.3) is 0 Å². The molecule has 10 aromatic carbocycles. The topological polar surface area (TPSA) is 362 Å². The van der Waals surface area contributed by atoms with Crippen molar-refractivity contribution in [1.82, 2.24) is 4.90 Å². The number of carbonyl (C=O) groups excluding carboxylic acids is 2. The fraction of sp³-hybridized carbons (Fsp3) is 0.163. The van der Waals surface area contributed by atoms with Crippen LogP contribution in [0.5, 0.6) is 0 Å². The summed E-state index contributed by atoms with van der Waals surface area (Å²) in [7, 11) is -6.90. The average molecular weight is 1830 g/mol. The van der Waals surface area contributed by atoms with Gasteiger partial charge < -0.3 is 37.0 Å². The second-order valence-corrected chi connectivity index (χ2v) is 33.9. The maximum Gasteiger partial charge on any atom is 1.00 e. The zero-order valence-corrected chi connectivity index (χ0v) is 70.8. The van der Waals surface area contributed by atoms with Gasteiger partial charge in [0.2, 0.25) is 0 Å². The van der Waals surface area contributed by atoms with Crippen molar-refractivity contribution in [2.45, 2.75) is 60.1 Å². The first-order valence-corrected chi connectivity index (χ1v) is 41.5. The molecule has 0 saturated carbocycles. The molecule has 2 aliphatic rings. The van der Waals surface area contributed by atoms with Gasteiger partial charge in [0.05, 0.1) is 68.5 Å². The second kappa shape index (κ2) is 49.6. The maximum atomic E-state index is 13.7. The van der Waals surface area contributed by atoms with E-state index in [1.807, 2.05) is 6.07 Å². The molecular formula is C80H78Cl5F6N8NaO15S4. The predicted molar refractivity (Wildman–Crippen MR) is 447 cm³/mol. The van der Waals surface area contributed by atoms with E-state index in [0.29, 0.717) is 45.3 Å². The average Bonchev–Trinajstić information content (AvgIpc) is 0.767. The summed E-state index contributed by atoms with van der Waals surface area (Å²) >= 11 is 22.9. The Kier molecular flexibility index (Phi) is 43.8. The Morgan fingerprint density at radius 3 is 1.27 bits per heavy atom. The van der Waals surface area contributed by atoms with Crippen LogP contribution < -0.4 is 58.8 Å². The molecule has 0 saturated heterocycles. The number of aliphatic carboxylic acids is 2. The number of rotatable bonds is 19. The molecule has 0 amide bonds. The van der Waals surface area contributed by atoms with Gasteiger partial charge >= 0.3 is 41.5 Å². The molecular weight excluding hydrogens is 1760 g/mol. The van der Waals surface area contributed by atoms with Gasteiger partial charge in [-0.05, 0) is 231 Å². The number of hydrogen-bond acceptors (Lipinski definition) is 18. The zero-order chi connectivity index (χ0) is 85.0. The van der Waals surface area contributed by atoms with E-state index in [9.17, 15) is 79.2 Å². The van der Waals surface area contributed by atoms with E-state index in [4.69, 9.17) is 78.3 Å². The van der Waals surface area contributed by atoms with Gasteiger partial charge in [-0.25, -0.2) is 60.0 Å². The summed E-state index contributed by atoms with van der Waals surface area (Å²) in [5.41, 5.74) is 8.31. The molecule has 10 aromatic rings. The van der Waals surface area contributed by atoms with Crippen molar-refractivity contribution in [3.63, 3.8) is 0 Å². The smallest absolute Gasteiger partial charge is 0.870 e. The summed E-state index contributed by atoms with van der Waals surface area (Å²) in [4.78, 5) is 47.3. The van der Waals surface area contributed by atoms with Gasteiger partial charge in [-0.2, -0.15) is 5.26 Å². The molecule has 0 atom stereocenters. The summed E-state index contributed by atoms with van der Waals surface area (Å²) in [6, 6.07) is 54.0. The minimum absolute atomic E-state index is 0. The zero-order valence-electron chi connectivity index (χ0n) is 61.7. The fourth-order valence-corrected chi connectivity index (χ4v) is 15.5. The number of nitrogen functional groups attached to an aromatic ring is 1. The largest absolute Gasteiger partial charge is 1.00 e. The van der Waals surface area contributed by atoms with Crippen LogP contribution in [0.2, 0.25) is 20.1 Å². The fourth-order valence-electron chi connectivity index (χ4n) is 9.84. The van der Waals surface area contributed by atoms with E-state index in [-0.39, 0.29) is 165 Å². The van der Waals surface area contributed by atoms with Crippen LogP contribution >= 0.6 is 57.1 Å². The number of halogens is 11. The monoisotopic (exact) mass is 1830 g/mol. The van der Waals surface area contributed by atoms with Crippen molar-refractivity contribution >= 4 is 154 Å². The van der Waals surface area contributed by atoms with Crippen LogP contribution in [0.15, 0.2) is 262 Å². The molecule has 0 aromatic heterocycles. The van der Waals surface area contributed by atoms with Crippen molar-refractivity contribution in [2.75, 3.05) is 76.1 Å². The van der Waals surface area contributed by atoms with Gasteiger partial charge in [0, 0.05) is 117 Å². The molecule has 630 valence electrons. The molecule has 0 radical (unpaired) electrons. The first-order valence-electron chi connectivity index (χ1n) is 33.4. The SMILES string of the molecule is C.C.CN(C)C=C1CN(S(=O)(=O)c2ccc(Cl)cc2)c2ccc(F)cc2C1=O.N#CCCNc1ccc(F)cc1.Nc1ccc(F)cc1.O=C(O)CCN(c1ccc(F)cc1)S(=O)(=O)c1ccc(Cl)cc1.O=C(O)CCNc1ccc(F)cc1.O=C1CCN(S(=O)(=O)c2ccc(Cl)cc2)c2ccc(F)cc21.O=S(=O)(Cl)c1ccc(Cl)cc1.[Na+].[OH-]. The van der Waals surface area contributed by atoms with E-state index in [0.717, 1.165) is 60.7 Å². The Hall–Kier alpha value is -9.90. The summed E-state index contributed by atoms with van der Waals surface area (Å²) in [5, 5.41) is 32.9. The Morgan fingerprint density at radius 2 is 0.874 bits per heavy atom. The Morgan fingerprint density at radius 1 is 0.513 bits per heavy atom. The minimum Gasteiger partial charge on any atom is -0.870 e. The second-order valence-electron chi connectivity index (χ2n) is 24.0. The number of carboxylic acids is 2. The van der Waals surface area contributed by atoms with Crippen molar-refractivity contribution < 1.29 is 124 Å². The first kappa shape index (κ1) is 105. The number of hydrogen-bond donors (Lipinski definition) is 5. The summed E-state index contributed by atoms with van der Waals surface area (Å²) in [6.45, 7) is 0.568. The number of benzene rings is 10. The summed E-state index contributed by atoms with van der Waals surface area (Å²) < 4.78 is 179. The maximum absolute atomic E-state index is 13.7. The third kappa shape index (κ3) is 33.3. The van der Waals surface area contributed by atoms with Gasteiger partial charge in [-0.15, -0.1) is 0 Å². The van der Waals surface area contributed by atoms with Crippen molar-refractivity contribution in [3.8, 4) is 6.07 Å². The van der Waals surface area contributed by atoms with Crippen molar-refractivity contribution in [2.24, 2.45) is 0 Å². The van der Waals surface area contributed by atoms with Gasteiger partial charge in [-0.1, -0.05) is 61.3 Å².